The zero-order chi connectivity index (χ0) is 14.2. The van der Waals surface area contributed by atoms with Gasteiger partial charge in [0.15, 0.2) is 6.61 Å². The van der Waals surface area contributed by atoms with Gasteiger partial charge in [-0.1, -0.05) is 49.7 Å². The van der Waals surface area contributed by atoms with Gasteiger partial charge >= 0.3 is 0 Å². The molecule has 0 bridgehead atoms. The number of nitrogens with one attached hydrogen (secondary N) is 1. The minimum absolute atomic E-state index is 0.0442. The standard InChI is InChI=1S/C16H18N2O2/c1-2-3-11-17-18-16(19)12-20-15-10-6-8-13-7-4-5-9-14(13)15/h4-11H,2-3,12H2,1H3,(H,18,19). The van der Waals surface area contributed by atoms with Crippen molar-refractivity contribution in [3.63, 3.8) is 0 Å². The molecule has 4 nitrogen and oxygen atoms in total. The van der Waals surface area contributed by atoms with Crippen LogP contribution in [0.4, 0.5) is 0 Å². The fraction of sp³-hybridized carbons (Fsp3) is 0.250. The maximum absolute atomic E-state index is 11.6. The number of hydrazone groups is 1. The fourth-order valence-electron chi connectivity index (χ4n) is 1.81. The lowest BCUT2D eigenvalue weighted by Crippen LogP contribution is -2.24. The second-order valence-electron chi connectivity index (χ2n) is 4.40. The molecule has 20 heavy (non-hydrogen) atoms. The Hall–Kier alpha value is -2.36. The van der Waals surface area contributed by atoms with Gasteiger partial charge in [-0.15, -0.1) is 0 Å². The third-order valence-electron chi connectivity index (χ3n) is 2.81. The molecule has 0 aliphatic carbocycles. The second kappa shape index (κ2) is 7.28. The van der Waals surface area contributed by atoms with Gasteiger partial charge in [0.2, 0.25) is 0 Å². The molecular weight excluding hydrogens is 252 g/mol. The molecule has 0 atom stereocenters. The Morgan fingerprint density at radius 2 is 2.05 bits per heavy atom. The molecule has 0 radical (unpaired) electrons. The van der Waals surface area contributed by atoms with Crippen LogP contribution in [0.15, 0.2) is 47.6 Å². The summed E-state index contributed by atoms with van der Waals surface area (Å²) in [6.07, 6.45) is 3.55. The number of carbonyl (C=O) groups is 1. The average Bonchev–Trinajstić information content (AvgIpc) is 2.49. The van der Waals surface area contributed by atoms with Gasteiger partial charge in [0.25, 0.3) is 5.91 Å². The lowest BCUT2D eigenvalue weighted by molar-refractivity contribution is -0.123. The van der Waals surface area contributed by atoms with Gasteiger partial charge in [0.05, 0.1) is 0 Å². The van der Waals surface area contributed by atoms with Crippen LogP contribution in [-0.4, -0.2) is 18.7 Å². The van der Waals surface area contributed by atoms with Crippen molar-refractivity contribution >= 4 is 22.9 Å². The normalized spacial score (nSPS) is 10.8. The molecule has 0 saturated heterocycles. The third-order valence-corrected chi connectivity index (χ3v) is 2.81. The van der Waals surface area contributed by atoms with Crippen molar-refractivity contribution < 1.29 is 9.53 Å². The van der Waals surface area contributed by atoms with E-state index in [9.17, 15) is 4.79 Å². The van der Waals surface area contributed by atoms with E-state index < -0.39 is 0 Å². The van der Waals surface area contributed by atoms with Crippen LogP contribution < -0.4 is 10.2 Å². The minimum atomic E-state index is -0.259. The number of nitrogens with zero attached hydrogens (tertiary/aromatic N) is 1. The maximum atomic E-state index is 11.6. The molecule has 4 heteroatoms. The smallest absolute Gasteiger partial charge is 0.277 e. The van der Waals surface area contributed by atoms with Crippen LogP contribution in [0, 0.1) is 0 Å². The first kappa shape index (κ1) is 14.1. The zero-order valence-corrected chi connectivity index (χ0v) is 11.5. The molecule has 0 aromatic heterocycles. The van der Waals surface area contributed by atoms with Crippen LogP contribution in [0.25, 0.3) is 10.8 Å². The Labute approximate surface area is 118 Å². The largest absolute Gasteiger partial charge is 0.483 e. The molecule has 1 amide bonds. The second-order valence-corrected chi connectivity index (χ2v) is 4.40. The highest BCUT2D eigenvalue weighted by atomic mass is 16.5. The van der Waals surface area contributed by atoms with Crippen molar-refractivity contribution in [3.8, 4) is 5.75 Å². The highest BCUT2D eigenvalue weighted by Crippen LogP contribution is 2.24. The van der Waals surface area contributed by atoms with Crippen LogP contribution in [0.1, 0.15) is 19.8 Å². The number of unbranched alkanes of at least 4 members (excludes halogenated alkanes) is 1. The van der Waals surface area contributed by atoms with E-state index in [1.54, 1.807) is 6.21 Å². The first-order valence-corrected chi connectivity index (χ1v) is 6.72. The van der Waals surface area contributed by atoms with Crippen LogP contribution >= 0.6 is 0 Å². The molecule has 1 N–H and O–H groups in total. The number of fused-ring (bicyclic) bond motifs is 1. The van der Waals surface area contributed by atoms with Crippen molar-refractivity contribution in [2.75, 3.05) is 6.61 Å². The first-order valence-electron chi connectivity index (χ1n) is 6.72. The summed E-state index contributed by atoms with van der Waals surface area (Å²) >= 11 is 0. The van der Waals surface area contributed by atoms with Crippen molar-refractivity contribution in [3.05, 3.63) is 42.5 Å². The number of hydrogen-bond donors (Lipinski definition) is 1. The summed E-state index contributed by atoms with van der Waals surface area (Å²) in [6, 6.07) is 13.7. The van der Waals surface area contributed by atoms with Gasteiger partial charge in [-0.3, -0.25) is 4.79 Å². The van der Waals surface area contributed by atoms with Gasteiger partial charge < -0.3 is 4.74 Å². The lowest BCUT2D eigenvalue weighted by atomic mass is 10.1. The molecule has 0 saturated carbocycles. The van der Waals surface area contributed by atoms with Crippen LogP contribution in [0.2, 0.25) is 0 Å². The van der Waals surface area contributed by atoms with Crippen molar-refractivity contribution in [2.45, 2.75) is 19.8 Å². The SMILES string of the molecule is CCCC=NNC(=O)COc1cccc2ccccc12. The van der Waals surface area contributed by atoms with Crippen LogP contribution in [0.3, 0.4) is 0 Å². The molecule has 2 aromatic carbocycles. The van der Waals surface area contributed by atoms with E-state index in [0.717, 1.165) is 23.6 Å². The van der Waals surface area contributed by atoms with E-state index in [0.29, 0.717) is 5.75 Å². The Balaban J connectivity index is 1.94. The Morgan fingerprint density at radius 3 is 2.90 bits per heavy atom. The predicted octanol–water partition coefficient (Wildman–Crippen LogP) is 3.12. The summed E-state index contributed by atoms with van der Waals surface area (Å²) in [5, 5.41) is 5.92. The van der Waals surface area contributed by atoms with E-state index in [-0.39, 0.29) is 12.5 Å². The highest BCUT2D eigenvalue weighted by molar-refractivity contribution is 5.88. The van der Waals surface area contributed by atoms with E-state index in [1.807, 2.05) is 42.5 Å². The highest BCUT2D eigenvalue weighted by Gasteiger charge is 2.04. The number of hydrogen-bond acceptors (Lipinski definition) is 3. The third kappa shape index (κ3) is 3.82. The van der Waals surface area contributed by atoms with Gasteiger partial charge in [-0.2, -0.15) is 5.10 Å². The summed E-state index contributed by atoms with van der Waals surface area (Å²) in [5.74, 6) is 0.445. The summed E-state index contributed by atoms with van der Waals surface area (Å²) in [6.45, 7) is 2.01. The summed E-state index contributed by atoms with van der Waals surface area (Å²) < 4.78 is 5.55. The van der Waals surface area contributed by atoms with Gasteiger partial charge in [-0.05, 0) is 17.9 Å². The average molecular weight is 270 g/mol. The molecule has 2 rings (SSSR count). The molecule has 0 aliphatic rings. The lowest BCUT2D eigenvalue weighted by Gasteiger charge is -2.08. The van der Waals surface area contributed by atoms with E-state index in [4.69, 9.17) is 4.74 Å². The number of rotatable bonds is 6. The molecule has 0 aliphatic heterocycles. The summed E-state index contributed by atoms with van der Waals surface area (Å²) in [4.78, 5) is 11.6. The van der Waals surface area contributed by atoms with Gasteiger partial charge in [-0.25, -0.2) is 5.43 Å². The number of benzene rings is 2. The Morgan fingerprint density at radius 1 is 1.25 bits per heavy atom. The van der Waals surface area contributed by atoms with Crippen molar-refractivity contribution in [2.24, 2.45) is 5.10 Å². The Bertz CT molecular complexity index is 603. The molecular formula is C16H18N2O2. The minimum Gasteiger partial charge on any atom is -0.483 e. The number of ether oxygens (including phenoxy) is 1. The first-order chi connectivity index (χ1) is 9.81. The topological polar surface area (TPSA) is 50.7 Å². The number of amides is 1. The quantitative estimate of drug-likeness (QED) is 0.647. The van der Waals surface area contributed by atoms with Crippen LogP contribution in [-0.2, 0) is 4.79 Å². The van der Waals surface area contributed by atoms with Gasteiger partial charge in [0, 0.05) is 11.6 Å². The predicted molar refractivity (Wildman–Crippen MR) is 81.0 cm³/mol. The number of carbonyl (C=O) groups excluding carboxylic acids is 1. The molecule has 0 unspecified atom stereocenters. The van der Waals surface area contributed by atoms with Gasteiger partial charge in [0.1, 0.15) is 5.75 Å². The molecule has 2 aromatic rings. The summed E-state index contributed by atoms with van der Waals surface area (Å²) in [5.41, 5.74) is 2.44. The monoisotopic (exact) mass is 270 g/mol. The van der Waals surface area contributed by atoms with Crippen molar-refractivity contribution in [1.29, 1.82) is 0 Å². The van der Waals surface area contributed by atoms with Crippen LogP contribution in [0.5, 0.6) is 5.75 Å². The molecule has 0 spiro atoms. The maximum Gasteiger partial charge on any atom is 0.277 e. The Kier molecular flexibility index (Phi) is 5.12. The molecule has 0 fully saturated rings. The fourth-order valence-corrected chi connectivity index (χ4v) is 1.81. The van der Waals surface area contributed by atoms with E-state index in [2.05, 4.69) is 17.5 Å². The van der Waals surface area contributed by atoms with Crippen molar-refractivity contribution in [1.82, 2.24) is 5.43 Å². The van der Waals surface area contributed by atoms with E-state index >= 15 is 0 Å². The zero-order valence-electron chi connectivity index (χ0n) is 11.5. The summed E-state index contributed by atoms with van der Waals surface area (Å²) in [7, 11) is 0. The van der Waals surface area contributed by atoms with E-state index in [1.165, 1.54) is 0 Å². The molecule has 104 valence electrons. The molecule has 0 heterocycles.